The minimum absolute atomic E-state index is 0.193. The molecule has 0 aromatic carbocycles. The normalized spacial score (nSPS) is 21.2. The molecule has 3 heteroatoms. The largest absolute Gasteiger partial charge is 0.382 e. The van der Waals surface area contributed by atoms with Gasteiger partial charge in [-0.05, 0) is 12.8 Å². The molecule has 0 aromatic heterocycles. The van der Waals surface area contributed by atoms with Crippen LogP contribution in [0, 0.1) is 0 Å². The minimum Gasteiger partial charge on any atom is -0.382 e. The fraction of sp³-hybridized carbons (Fsp3) is 1.00. The zero-order valence-electron chi connectivity index (χ0n) is 10.1. The maximum absolute atomic E-state index is 5.33. The first-order chi connectivity index (χ1) is 7.36. The van der Waals surface area contributed by atoms with Gasteiger partial charge in [0, 0.05) is 26.8 Å². The molecule has 1 atom stereocenters. The summed E-state index contributed by atoms with van der Waals surface area (Å²) in [7, 11) is 3.47. The first kappa shape index (κ1) is 12.9. The van der Waals surface area contributed by atoms with E-state index >= 15 is 0 Å². The SMILES string of the molecule is COCC(CNC1CCCCCC1)OC. The van der Waals surface area contributed by atoms with Gasteiger partial charge in [-0.3, -0.25) is 0 Å². The predicted octanol–water partition coefficient (Wildman–Crippen LogP) is 1.96. The Kier molecular flexibility index (Phi) is 6.98. The lowest BCUT2D eigenvalue weighted by Crippen LogP contribution is -2.38. The Bertz CT molecular complexity index is 145. The topological polar surface area (TPSA) is 30.5 Å². The van der Waals surface area contributed by atoms with Gasteiger partial charge in [-0.2, -0.15) is 0 Å². The Morgan fingerprint density at radius 3 is 2.33 bits per heavy atom. The molecule has 0 amide bonds. The quantitative estimate of drug-likeness (QED) is 0.687. The Morgan fingerprint density at radius 1 is 1.13 bits per heavy atom. The van der Waals surface area contributed by atoms with Crippen LogP contribution < -0.4 is 5.32 Å². The van der Waals surface area contributed by atoms with Crippen molar-refractivity contribution in [1.29, 1.82) is 0 Å². The van der Waals surface area contributed by atoms with Crippen LogP contribution in [0.4, 0.5) is 0 Å². The molecule has 1 aliphatic rings. The van der Waals surface area contributed by atoms with Crippen molar-refractivity contribution in [3.8, 4) is 0 Å². The van der Waals surface area contributed by atoms with Crippen molar-refractivity contribution in [2.75, 3.05) is 27.4 Å². The van der Waals surface area contributed by atoms with Crippen molar-refractivity contribution in [2.45, 2.75) is 50.7 Å². The Labute approximate surface area is 93.5 Å². The van der Waals surface area contributed by atoms with E-state index < -0.39 is 0 Å². The van der Waals surface area contributed by atoms with Gasteiger partial charge in [0.25, 0.3) is 0 Å². The molecule has 15 heavy (non-hydrogen) atoms. The highest BCUT2D eigenvalue weighted by molar-refractivity contribution is 4.72. The lowest BCUT2D eigenvalue weighted by molar-refractivity contribution is 0.0271. The number of rotatable bonds is 6. The molecule has 1 saturated carbocycles. The van der Waals surface area contributed by atoms with Crippen LogP contribution in [0.1, 0.15) is 38.5 Å². The predicted molar refractivity (Wildman–Crippen MR) is 62.2 cm³/mol. The molecule has 0 spiro atoms. The van der Waals surface area contributed by atoms with Crippen molar-refractivity contribution in [1.82, 2.24) is 5.32 Å². The number of hydrogen-bond donors (Lipinski definition) is 1. The summed E-state index contributed by atoms with van der Waals surface area (Å²) in [6.45, 7) is 1.59. The van der Waals surface area contributed by atoms with E-state index in [0.29, 0.717) is 12.6 Å². The number of ether oxygens (including phenoxy) is 2. The maximum atomic E-state index is 5.33. The minimum atomic E-state index is 0.193. The number of nitrogens with one attached hydrogen (secondary N) is 1. The van der Waals surface area contributed by atoms with E-state index in [0.717, 1.165) is 6.54 Å². The average Bonchev–Trinajstić information content (AvgIpc) is 2.52. The molecule has 1 unspecified atom stereocenters. The summed E-state index contributed by atoms with van der Waals surface area (Å²) in [6, 6.07) is 0.696. The van der Waals surface area contributed by atoms with Gasteiger partial charge in [0.05, 0.1) is 12.7 Å². The highest BCUT2D eigenvalue weighted by Crippen LogP contribution is 2.17. The van der Waals surface area contributed by atoms with Gasteiger partial charge >= 0.3 is 0 Å². The highest BCUT2D eigenvalue weighted by atomic mass is 16.5. The molecule has 1 N–H and O–H groups in total. The molecular weight excluding hydrogens is 190 g/mol. The van der Waals surface area contributed by atoms with E-state index in [1.165, 1.54) is 38.5 Å². The van der Waals surface area contributed by atoms with Gasteiger partial charge in [0.2, 0.25) is 0 Å². The van der Waals surface area contributed by atoms with E-state index in [9.17, 15) is 0 Å². The second-order valence-corrected chi connectivity index (χ2v) is 4.41. The second-order valence-electron chi connectivity index (χ2n) is 4.41. The van der Waals surface area contributed by atoms with Gasteiger partial charge in [-0.1, -0.05) is 25.7 Å². The Hall–Kier alpha value is -0.120. The van der Waals surface area contributed by atoms with Gasteiger partial charge < -0.3 is 14.8 Å². The van der Waals surface area contributed by atoms with E-state index in [1.54, 1.807) is 14.2 Å². The second kappa shape index (κ2) is 8.08. The van der Waals surface area contributed by atoms with Crippen LogP contribution in [0.2, 0.25) is 0 Å². The first-order valence-corrected chi connectivity index (χ1v) is 6.12. The van der Waals surface area contributed by atoms with Crippen molar-refractivity contribution in [3.63, 3.8) is 0 Å². The van der Waals surface area contributed by atoms with Gasteiger partial charge in [-0.25, -0.2) is 0 Å². The molecular formula is C12H25NO2. The molecule has 3 nitrogen and oxygen atoms in total. The molecule has 0 aliphatic heterocycles. The van der Waals surface area contributed by atoms with Crippen LogP contribution in [-0.2, 0) is 9.47 Å². The summed E-state index contributed by atoms with van der Waals surface area (Å²) in [6.07, 6.45) is 8.40. The molecule has 0 bridgehead atoms. The van der Waals surface area contributed by atoms with Crippen LogP contribution in [-0.4, -0.2) is 39.5 Å². The van der Waals surface area contributed by atoms with Crippen LogP contribution in [0.15, 0.2) is 0 Å². The lowest BCUT2D eigenvalue weighted by Gasteiger charge is -2.20. The third kappa shape index (κ3) is 5.50. The van der Waals surface area contributed by atoms with Crippen LogP contribution >= 0.6 is 0 Å². The smallest absolute Gasteiger partial charge is 0.0928 e. The zero-order valence-corrected chi connectivity index (χ0v) is 10.1. The van der Waals surface area contributed by atoms with Crippen molar-refractivity contribution in [2.24, 2.45) is 0 Å². The summed E-state index contributed by atoms with van der Waals surface area (Å²) in [5.74, 6) is 0. The molecule has 0 heterocycles. The molecule has 0 radical (unpaired) electrons. The summed E-state index contributed by atoms with van der Waals surface area (Å²) >= 11 is 0. The third-order valence-corrected chi connectivity index (χ3v) is 3.18. The highest BCUT2D eigenvalue weighted by Gasteiger charge is 2.14. The molecule has 0 aromatic rings. The standard InChI is InChI=1S/C12H25NO2/c1-14-10-12(15-2)9-13-11-7-5-3-4-6-8-11/h11-13H,3-10H2,1-2H3. The van der Waals surface area contributed by atoms with Gasteiger partial charge in [0.1, 0.15) is 0 Å². The fourth-order valence-electron chi connectivity index (χ4n) is 2.18. The summed E-state index contributed by atoms with van der Waals surface area (Å²) < 4.78 is 10.4. The van der Waals surface area contributed by atoms with E-state index in [1.807, 2.05) is 0 Å². The average molecular weight is 215 g/mol. The first-order valence-electron chi connectivity index (χ1n) is 6.12. The van der Waals surface area contributed by atoms with Crippen molar-refractivity contribution < 1.29 is 9.47 Å². The third-order valence-electron chi connectivity index (χ3n) is 3.18. The van der Waals surface area contributed by atoms with Crippen LogP contribution in [0.25, 0.3) is 0 Å². The zero-order chi connectivity index (χ0) is 10.9. The number of hydrogen-bond acceptors (Lipinski definition) is 3. The summed E-state index contributed by atoms with van der Waals surface area (Å²) in [5.41, 5.74) is 0. The van der Waals surface area contributed by atoms with Crippen LogP contribution in [0.5, 0.6) is 0 Å². The van der Waals surface area contributed by atoms with Crippen molar-refractivity contribution >= 4 is 0 Å². The molecule has 0 saturated heterocycles. The summed E-state index contributed by atoms with van der Waals surface area (Å²) in [5, 5.41) is 3.59. The Balaban J connectivity index is 2.15. The molecule has 1 aliphatic carbocycles. The maximum Gasteiger partial charge on any atom is 0.0928 e. The molecule has 1 fully saturated rings. The Morgan fingerprint density at radius 2 is 1.80 bits per heavy atom. The lowest BCUT2D eigenvalue weighted by atomic mass is 10.1. The van der Waals surface area contributed by atoms with Gasteiger partial charge in [0.15, 0.2) is 0 Å². The van der Waals surface area contributed by atoms with Crippen LogP contribution in [0.3, 0.4) is 0 Å². The summed E-state index contributed by atoms with van der Waals surface area (Å²) in [4.78, 5) is 0. The van der Waals surface area contributed by atoms with E-state index in [4.69, 9.17) is 9.47 Å². The fourth-order valence-corrected chi connectivity index (χ4v) is 2.18. The molecule has 90 valence electrons. The van der Waals surface area contributed by atoms with E-state index in [2.05, 4.69) is 5.32 Å². The monoisotopic (exact) mass is 215 g/mol. The van der Waals surface area contributed by atoms with Crippen molar-refractivity contribution in [3.05, 3.63) is 0 Å². The van der Waals surface area contributed by atoms with E-state index in [-0.39, 0.29) is 6.10 Å². The van der Waals surface area contributed by atoms with Gasteiger partial charge in [-0.15, -0.1) is 0 Å². The number of methoxy groups -OCH3 is 2. The molecule has 1 rings (SSSR count).